The number of imide groups is 1. The highest BCUT2D eigenvalue weighted by atomic mass is 32.2. The van der Waals surface area contributed by atoms with Gasteiger partial charge in [0.25, 0.3) is 0 Å². The molecule has 0 aliphatic carbocycles. The van der Waals surface area contributed by atoms with Gasteiger partial charge < -0.3 is 10.5 Å². The van der Waals surface area contributed by atoms with E-state index in [-0.39, 0.29) is 17.2 Å². The van der Waals surface area contributed by atoms with E-state index in [0.717, 1.165) is 10.5 Å². The fourth-order valence-electron chi connectivity index (χ4n) is 2.01. The lowest BCUT2D eigenvalue weighted by atomic mass is 10.2. The number of amides is 2. The quantitative estimate of drug-likeness (QED) is 0.813. The number of primary sulfonamides is 1. The second-order valence-corrected chi connectivity index (χ2v) is 6.57. The van der Waals surface area contributed by atoms with Crippen LogP contribution in [0.5, 0.6) is 0 Å². The number of hydrogen-bond donors (Lipinski definition) is 2. The Hall–Kier alpha value is -2.75. The first kappa shape index (κ1) is 18.6. The Bertz CT molecular complexity index is 851. The first-order valence-electron chi connectivity index (χ1n) is 7.19. The summed E-state index contributed by atoms with van der Waals surface area (Å²) in [4.78, 5) is 24.9. The van der Waals surface area contributed by atoms with Crippen LogP contribution >= 0.6 is 0 Å². The summed E-state index contributed by atoms with van der Waals surface area (Å²) in [5.41, 5.74) is 6.22. The Morgan fingerprint density at radius 1 is 1.00 bits per heavy atom. The summed E-state index contributed by atoms with van der Waals surface area (Å²) in [5, 5.41) is 5.02. The van der Waals surface area contributed by atoms with Crippen LogP contribution in [0.4, 0.5) is 10.5 Å². The molecule has 2 rings (SSSR count). The molecule has 0 saturated carbocycles. The van der Waals surface area contributed by atoms with Gasteiger partial charge >= 0.3 is 6.09 Å². The van der Waals surface area contributed by atoms with E-state index >= 15 is 0 Å². The lowest BCUT2D eigenvalue weighted by Crippen LogP contribution is -2.41. The van der Waals surface area contributed by atoms with Gasteiger partial charge in [-0.15, -0.1) is 0 Å². The molecule has 2 aromatic rings. The van der Waals surface area contributed by atoms with Crippen LogP contribution in [0.25, 0.3) is 0 Å². The van der Waals surface area contributed by atoms with Gasteiger partial charge in [-0.1, -0.05) is 30.3 Å². The van der Waals surface area contributed by atoms with E-state index in [1.54, 1.807) is 24.3 Å². The van der Waals surface area contributed by atoms with E-state index in [4.69, 9.17) is 15.6 Å². The molecule has 0 aromatic heterocycles. The van der Waals surface area contributed by atoms with Crippen LogP contribution in [0.2, 0.25) is 0 Å². The van der Waals surface area contributed by atoms with Gasteiger partial charge in [0.2, 0.25) is 15.9 Å². The molecule has 2 aromatic carbocycles. The van der Waals surface area contributed by atoms with Crippen LogP contribution in [-0.4, -0.2) is 27.0 Å². The zero-order chi connectivity index (χ0) is 18.4. The molecule has 0 spiro atoms. The van der Waals surface area contributed by atoms with E-state index < -0.39 is 28.6 Å². The van der Waals surface area contributed by atoms with Gasteiger partial charge in [-0.25, -0.2) is 23.3 Å². The maximum atomic E-state index is 12.3. The summed E-state index contributed by atoms with van der Waals surface area (Å²) in [6.45, 7) is -0.444. The molecule has 0 aliphatic rings. The van der Waals surface area contributed by atoms with Gasteiger partial charge in [0, 0.05) is 0 Å². The summed E-state index contributed by atoms with van der Waals surface area (Å²) in [5.74, 6) is -0.693. The van der Waals surface area contributed by atoms with E-state index in [2.05, 4.69) is 0 Å². The van der Waals surface area contributed by atoms with E-state index in [9.17, 15) is 18.0 Å². The molecule has 0 atom stereocenters. The number of sulfonamides is 1. The molecule has 0 aliphatic heterocycles. The largest absolute Gasteiger partial charge is 0.444 e. The molecule has 9 heteroatoms. The van der Waals surface area contributed by atoms with Crippen molar-refractivity contribution >= 4 is 27.7 Å². The Morgan fingerprint density at radius 2 is 1.60 bits per heavy atom. The predicted molar refractivity (Wildman–Crippen MR) is 91.0 cm³/mol. The molecule has 25 heavy (non-hydrogen) atoms. The highest BCUT2D eigenvalue weighted by Gasteiger charge is 2.24. The summed E-state index contributed by atoms with van der Waals surface area (Å²) in [7, 11) is -3.88. The van der Waals surface area contributed by atoms with E-state index in [1.807, 2.05) is 6.07 Å². The minimum atomic E-state index is -3.88. The fourth-order valence-corrected chi connectivity index (χ4v) is 2.53. The Morgan fingerprint density at radius 3 is 2.12 bits per heavy atom. The second kappa shape index (κ2) is 7.88. The van der Waals surface area contributed by atoms with Crippen LogP contribution in [0.3, 0.4) is 0 Å². The normalized spacial score (nSPS) is 11.0. The first-order valence-corrected chi connectivity index (χ1v) is 8.74. The number of carbonyl (C=O) groups excluding carboxylic acids is 2. The number of anilines is 1. The van der Waals surface area contributed by atoms with Crippen molar-refractivity contribution in [3.63, 3.8) is 0 Å². The summed E-state index contributed by atoms with van der Waals surface area (Å²) >= 11 is 0. The lowest BCUT2D eigenvalue weighted by molar-refractivity contribution is -0.116. The maximum Gasteiger partial charge on any atom is 0.421 e. The zero-order valence-corrected chi connectivity index (χ0v) is 14.0. The molecule has 4 N–H and O–H groups in total. The van der Waals surface area contributed by atoms with Crippen molar-refractivity contribution in [1.29, 1.82) is 0 Å². The molecule has 0 saturated heterocycles. The first-order chi connectivity index (χ1) is 11.8. The average Bonchev–Trinajstić information content (AvgIpc) is 2.60. The van der Waals surface area contributed by atoms with E-state index in [1.165, 1.54) is 24.3 Å². The SMILES string of the molecule is NCC(=O)N(C(=O)OCc1ccccc1)c1ccc(S(N)(=O)=O)cc1. The topological polar surface area (TPSA) is 133 Å². The molecule has 0 unspecified atom stereocenters. The minimum Gasteiger partial charge on any atom is -0.444 e. The van der Waals surface area contributed by atoms with Crippen molar-refractivity contribution in [1.82, 2.24) is 0 Å². The number of benzene rings is 2. The van der Waals surface area contributed by atoms with Gasteiger partial charge in [0.1, 0.15) is 6.61 Å². The zero-order valence-electron chi connectivity index (χ0n) is 13.2. The lowest BCUT2D eigenvalue weighted by Gasteiger charge is -2.20. The van der Waals surface area contributed by atoms with Crippen molar-refractivity contribution in [2.45, 2.75) is 11.5 Å². The molecule has 8 nitrogen and oxygen atoms in total. The summed E-state index contributed by atoms with van der Waals surface area (Å²) < 4.78 is 27.7. The van der Waals surface area contributed by atoms with Crippen molar-refractivity contribution in [2.24, 2.45) is 10.9 Å². The Kier molecular flexibility index (Phi) is 5.86. The highest BCUT2D eigenvalue weighted by Crippen LogP contribution is 2.19. The fraction of sp³-hybridized carbons (Fsp3) is 0.125. The molecule has 0 heterocycles. The third kappa shape index (κ3) is 4.86. The molecule has 0 fully saturated rings. The number of carbonyl (C=O) groups is 2. The van der Waals surface area contributed by atoms with Crippen molar-refractivity contribution < 1.29 is 22.7 Å². The standard InChI is InChI=1S/C16H17N3O5S/c17-10-15(20)19(13-6-8-14(9-7-13)25(18,22)23)16(21)24-11-12-4-2-1-3-5-12/h1-9H,10-11,17H2,(H2,18,22,23). The van der Waals surface area contributed by atoms with Crippen LogP contribution in [0.1, 0.15) is 5.56 Å². The number of nitrogens with zero attached hydrogens (tertiary/aromatic N) is 1. The Labute approximate surface area is 145 Å². The summed E-state index contributed by atoms with van der Waals surface area (Å²) in [6.07, 6.45) is -0.914. The number of hydrogen-bond acceptors (Lipinski definition) is 6. The van der Waals surface area contributed by atoms with Gasteiger partial charge in [-0.3, -0.25) is 4.79 Å². The van der Waals surface area contributed by atoms with Crippen molar-refractivity contribution in [2.75, 3.05) is 11.4 Å². The smallest absolute Gasteiger partial charge is 0.421 e. The maximum absolute atomic E-state index is 12.3. The number of rotatable bonds is 5. The van der Waals surface area contributed by atoms with Gasteiger partial charge in [-0.2, -0.15) is 0 Å². The molecule has 132 valence electrons. The van der Waals surface area contributed by atoms with Gasteiger partial charge in [-0.05, 0) is 29.8 Å². The van der Waals surface area contributed by atoms with Crippen LogP contribution in [0.15, 0.2) is 59.5 Å². The molecule has 0 radical (unpaired) electrons. The van der Waals surface area contributed by atoms with Gasteiger partial charge in [0.05, 0.1) is 17.1 Å². The number of nitrogens with two attached hydrogens (primary N) is 2. The molecule has 0 bridgehead atoms. The third-order valence-electron chi connectivity index (χ3n) is 3.24. The molecular formula is C16H17N3O5S. The van der Waals surface area contributed by atoms with Crippen molar-refractivity contribution in [3.05, 3.63) is 60.2 Å². The van der Waals surface area contributed by atoms with E-state index in [0.29, 0.717) is 0 Å². The minimum absolute atomic E-state index is 0.0245. The summed E-state index contributed by atoms with van der Waals surface area (Å²) in [6, 6.07) is 13.9. The van der Waals surface area contributed by atoms with Crippen molar-refractivity contribution in [3.8, 4) is 0 Å². The second-order valence-electron chi connectivity index (χ2n) is 5.01. The predicted octanol–water partition coefficient (Wildman–Crippen LogP) is 0.963. The van der Waals surface area contributed by atoms with Gasteiger partial charge in [0.15, 0.2) is 0 Å². The Balaban J connectivity index is 2.20. The molecule has 2 amide bonds. The monoisotopic (exact) mass is 363 g/mol. The van der Waals surface area contributed by atoms with Crippen LogP contribution in [0, 0.1) is 0 Å². The highest BCUT2D eigenvalue weighted by molar-refractivity contribution is 7.89. The number of ether oxygens (including phenoxy) is 1. The third-order valence-corrected chi connectivity index (χ3v) is 4.16. The average molecular weight is 363 g/mol. The van der Waals surface area contributed by atoms with Crippen LogP contribution < -0.4 is 15.8 Å². The van der Waals surface area contributed by atoms with Crippen LogP contribution in [-0.2, 0) is 26.2 Å². The molecular weight excluding hydrogens is 346 g/mol.